The van der Waals surface area contributed by atoms with Gasteiger partial charge in [-0.1, -0.05) is 13.8 Å². The minimum atomic E-state index is -3.21. The summed E-state index contributed by atoms with van der Waals surface area (Å²) >= 11 is 0. The summed E-state index contributed by atoms with van der Waals surface area (Å²) in [6.07, 6.45) is -0.0916. The molecule has 21 heavy (non-hydrogen) atoms. The topological polar surface area (TPSA) is 98.5 Å². The molecule has 7 heteroatoms. The number of carbonyl (C=O) groups is 1. The van der Waals surface area contributed by atoms with Gasteiger partial charge >= 0.3 is 0 Å². The van der Waals surface area contributed by atoms with Gasteiger partial charge in [-0.3, -0.25) is 4.79 Å². The molecule has 3 N–H and O–H groups in total. The van der Waals surface area contributed by atoms with Gasteiger partial charge in [0.15, 0.2) is 9.84 Å². The van der Waals surface area contributed by atoms with Gasteiger partial charge in [-0.2, -0.15) is 0 Å². The van der Waals surface area contributed by atoms with Gasteiger partial charge in [0.25, 0.3) is 0 Å². The van der Waals surface area contributed by atoms with E-state index in [0.717, 1.165) is 0 Å². The molecule has 1 aromatic carbocycles. The molecule has 0 bridgehead atoms. The molecule has 0 heterocycles. The summed E-state index contributed by atoms with van der Waals surface area (Å²) in [5.74, 6) is 0.143. The van der Waals surface area contributed by atoms with Crippen LogP contribution in [-0.4, -0.2) is 32.9 Å². The number of hydrogen-bond donors (Lipinski definition) is 2. The summed E-state index contributed by atoms with van der Waals surface area (Å²) in [5.41, 5.74) is 6.57. The van der Waals surface area contributed by atoms with Gasteiger partial charge in [-0.15, -0.1) is 0 Å². The third-order valence-electron chi connectivity index (χ3n) is 2.76. The smallest absolute Gasteiger partial charge is 0.225 e. The molecule has 0 spiro atoms. The van der Waals surface area contributed by atoms with Crippen LogP contribution in [0.4, 0.5) is 11.4 Å². The van der Waals surface area contributed by atoms with E-state index in [1.807, 2.05) is 13.8 Å². The number of ether oxygens (including phenoxy) is 1. The maximum atomic E-state index is 11.8. The van der Waals surface area contributed by atoms with Crippen LogP contribution >= 0.6 is 0 Å². The first-order valence-corrected chi connectivity index (χ1v) is 8.49. The average Bonchev–Trinajstić information content (AvgIpc) is 2.38. The number of nitrogens with one attached hydrogen (secondary N) is 1. The number of nitrogen functional groups attached to an aromatic ring is 1. The Hall–Kier alpha value is -1.76. The van der Waals surface area contributed by atoms with Crippen LogP contribution < -0.4 is 15.8 Å². The Balaban J connectivity index is 2.62. The number of benzene rings is 1. The maximum Gasteiger partial charge on any atom is 0.225 e. The second kappa shape index (κ2) is 7.31. The Morgan fingerprint density at radius 3 is 2.62 bits per heavy atom. The van der Waals surface area contributed by atoms with Crippen molar-refractivity contribution in [2.24, 2.45) is 5.92 Å². The van der Waals surface area contributed by atoms with E-state index in [9.17, 15) is 13.2 Å². The molecule has 0 unspecified atom stereocenters. The molecule has 0 aromatic heterocycles. The predicted molar refractivity (Wildman–Crippen MR) is 84.1 cm³/mol. The summed E-state index contributed by atoms with van der Waals surface area (Å²) in [5, 5.41) is 2.60. The average molecular weight is 314 g/mol. The lowest BCUT2D eigenvalue weighted by molar-refractivity contribution is -0.115. The highest BCUT2D eigenvalue weighted by Gasteiger charge is 2.16. The van der Waals surface area contributed by atoms with Crippen molar-refractivity contribution >= 4 is 27.1 Å². The first-order valence-electron chi connectivity index (χ1n) is 6.67. The molecule has 0 saturated heterocycles. The molecule has 0 atom stereocenters. The van der Waals surface area contributed by atoms with E-state index < -0.39 is 9.84 Å². The molecular weight excluding hydrogens is 292 g/mol. The quantitative estimate of drug-likeness (QED) is 0.746. The Kier molecular flexibility index (Phi) is 6.02. The van der Waals surface area contributed by atoms with Crippen molar-refractivity contribution in [1.82, 2.24) is 0 Å². The molecule has 0 fully saturated rings. The number of carbonyl (C=O) groups excluding carboxylic acids is 1. The molecule has 118 valence electrons. The number of anilines is 2. The van der Waals surface area contributed by atoms with Crippen molar-refractivity contribution in [2.75, 3.05) is 29.7 Å². The van der Waals surface area contributed by atoms with Crippen molar-refractivity contribution in [2.45, 2.75) is 20.3 Å². The highest BCUT2D eigenvalue weighted by Crippen LogP contribution is 2.24. The minimum absolute atomic E-state index is 0.0482. The zero-order chi connectivity index (χ0) is 16.0. The van der Waals surface area contributed by atoms with E-state index in [-0.39, 0.29) is 29.8 Å². The van der Waals surface area contributed by atoms with E-state index >= 15 is 0 Å². The van der Waals surface area contributed by atoms with Gasteiger partial charge < -0.3 is 15.8 Å². The number of nitrogens with two attached hydrogens (primary N) is 1. The summed E-state index contributed by atoms with van der Waals surface area (Å²) in [7, 11) is -1.70. The van der Waals surface area contributed by atoms with Crippen LogP contribution in [0.3, 0.4) is 0 Å². The molecular formula is C14H22N2O4S. The predicted octanol–water partition coefficient (Wildman–Crippen LogP) is 1.68. The second-order valence-corrected chi connectivity index (χ2v) is 7.49. The number of amides is 1. The fourth-order valence-electron chi connectivity index (χ4n) is 1.82. The normalized spacial score (nSPS) is 11.4. The van der Waals surface area contributed by atoms with Crippen molar-refractivity contribution in [3.63, 3.8) is 0 Å². The third-order valence-corrected chi connectivity index (χ3v) is 4.76. The van der Waals surface area contributed by atoms with Crippen molar-refractivity contribution < 1.29 is 17.9 Å². The molecule has 0 saturated carbocycles. The number of hydrogen-bond acceptors (Lipinski definition) is 5. The fraction of sp³-hybridized carbons (Fsp3) is 0.500. The Bertz CT molecular complexity index is 597. The van der Waals surface area contributed by atoms with Crippen molar-refractivity contribution in [3.05, 3.63) is 18.2 Å². The largest absolute Gasteiger partial charge is 0.497 e. The number of rotatable bonds is 7. The first-order chi connectivity index (χ1) is 9.73. The summed E-state index contributed by atoms with van der Waals surface area (Å²) in [6, 6.07) is 4.89. The lowest BCUT2D eigenvalue weighted by Crippen LogP contribution is -2.21. The van der Waals surface area contributed by atoms with Crippen LogP contribution in [0.25, 0.3) is 0 Å². The fourth-order valence-corrected chi connectivity index (χ4v) is 3.50. The molecule has 0 aliphatic heterocycles. The summed E-state index contributed by atoms with van der Waals surface area (Å²) in [4.78, 5) is 11.8. The van der Waals surface area contributed by atoms with Crippen LogP contribution in [0.2, 0.25) is 0 Å². The van der Waals surface area contributed by atoms with E-state index in [1.165, 1.54) is 7.11 Å². The number of sulfone groups is 1. The lowest BCUT2D eigenvalue weighted by Gasteiger charge is -2.10. The standard InChI is InChI=1S/C14H22N2O4S/c1-10(2)9-21(18,19)7-6-14(17)16-13-8-11(20-3)4-5-12(13)15/h4-5,8,10H,6-7,9,15H2,1-3H3,(H,16,17). The van der Waals surface area contributed by atoms with Gasteiger partial charge in [0.05, 0.1) is 30.0 Å². The first kappa shape index (κ1) is 17.3. The molecule has 0 radical (unpaired) electrons. The van der Waals surface area contributed by atoms with Gasteiger partial charge in [0, 0.05) is 12.5 Å². The minimum Gasteiger partial charge on any atom is -0.497 e. The van der Waals surface area contributed by atoms with Crippen molar-refractivity contribution in [1.29, 1.82) is 0 Å². The van der Waals surface area contributed by atoms with Crippen LogP contribution in [0, 0.1) is 5.92 Å². The lowest BCUT2D eigenvalue weighted by atomic mass is 10.2. The highest BCUT2D eigenvalue weighted by molar-refractivity contribution is 7.91. The molecule has 6 nitrogen and oxygen atoms in total. The summed E-state index contributed by atoms with van der Waals surface area (Å²) < 4.78 is 28.5. The van der Waals surface area contributed by atoms with E-state index in [2.05, 4.69) is 5.32 Å². The van der Waals surface area contributed by atoms with Crippen LogP contribution in [0.5, 0.6) is 5.75 Å². The molecule has 0 aliphatic carbocycles. The zero-order valence-corrected chi connectivity index (χ0v) is 13.4. The molecule has 0 aliphatic rings. The van der Waals surface area contributed by atoms with Crippen LogP contribution in [0.1, 0.15) is 20.3 Å². The maximum absolute atomic E-state index is 11.8. The molecule has 1 rings (SSSR count). The highest BCUT2D eigenvalue weighted by atomic mass is 32.2. The molecule has 1 amide bonds. The monoisotopic (exact) mass is 314 g/mol. The van der Waals surface area contributed by atoms with Gasteiger partial charge in [0.2, 0.25) is 5.91 Å². The Morgan fingerprint density at radius 2 is 2.05 bits per heavy atom. The van der Waals surface area contributed by atoms with Gasteiger partial charge in [-0.25, -0.2) is 8.42 Å². The Labute approximate surface area is 125 Å². The van der Waals surface area contributed by atoms with Gasteiger partial charge in [0.1, 0.15) is 5.75 Å². The van der Waals surface area contributed by atoms with E-state index in [0.29, 0.717) is 17.1 Å². The van der Waals surface area contributed by atoms with E-state index in [4.69, 9.17) is 10.5 Å². The number of methoxy groups -OCH3 is 1. The SMILES string of the molecule is COc1ccc(N)c(NC(=O)CCS(=O)(=O)CC(C)C)c1. The molecule has 1 aromatic rings. The van der Waals surface area contributed by atoms with Crippen LogP contribution in [-0.2, 0) is 14.6 Å². The van der Waals surface area contributed by atoms with E-state index in [1.54, 1.807) is 18.2 Å². The Morgan fingerprint density at radius 1 is 1.38 bits per heavy atom. The zero-order valence-electron chi connectivity index (χ0n) is 12.5. The second-order valence-electron chi connectivity index (χ2n) is 5.26. The summed E-state index contributed by atoms with van der Waals surface area (Å²) in [6.45, 7) is 3.66. The van der Waals surface area contributed by atoms with Crippen molar-refractivity contribution in [3.8, 4) is 5.75 Å². The third kappa shape index (κ3) is 6.03. The van der Waals surface area contributed by atoms with Crippen LogP contribution in [0.15, 0.2) is 18.2 Å². The van der Waals surface area contributed by atoms with Gasteiger partial charge in [-0.05, 0) is 18.1 Å².